The van der Waals surface area contributed by atoms with Crippen molar-refractivity contribution in [3.8, 4) is 0 Å². The van der Waals surface area contributed by atoms with Gasteiger partial charge in [0.2, 0.25) is 0 Å². The Kier molecular flexibility index (Phi) is 1.82. The summed E-state index contributed by atoms with van der Waals surface area (Å²) in [5, 5.41) is 0. The van der Waals surface area contributed by atoms with Gasteiger partial charge in [0.15, 0.2) is 5.79 Å². The molecule has 0 bridgehead atoms. The Balaban J connectivity index is 1.75. The monoisotopic (exact) mass is 236 g/mol. The second-order valence-electron chi connectivity index (χ2n) is 6.69. The second kappa shape index (κ2) is 2.94. The first-order chi connectivity index (χ1) is 8.08. The van der Waals surface area contributed by atoms with Gasteiger partial charge in [-0.05, 0) is 23.7 Å². The Morgan fingerprint density at radius 1 is 1.24 bits per heavy atom. The van der Waals surface area contributed by atoms with Gasteiger partial charge in [0.05, 0.1) is 13.2 Å². The lowest BCUT2D eigenvalue weighted by Gasteiger charge is -2.57. The smallest absolute Gasteiger partial charge is 0.172 e. The summed E-state index contributed by atoms with van der Waals surface area (Å²) in [6.07, 6.45) is 2.93. The van der Waals surface area contributed by atoms with Gasteiger partial charge in [0.1, 0.15) is 5.78 Å². The molecule has 5 atom stereocenters. The van der Waals surface area contributed by atoms with Crippen LogP contribution in [-0.2, 0) is 14.3 Å². The first kappa shape index (κ1) is 10.5. The van der Waals surface area contributed by atoms with E-state index >= 15 is 0 Å². The Morgan fingerprint density at radius 3 is 2.65 bits per heavy atom. The summed E-state index contributed by atoms with van der Waals surface area (Å²) in [7, 11) is 0. The first-order valence-electron chi connectivity index (χ1n) is 6.89. The fourth-order valence-electron chi connectivity index (χ4n) is 5.58. The van der Waals surface area contributed by atoms with E-state index in [0.29, 0.717) is 42.2 Å². The summed E-state index contributed by atoms with van der Waals surface area (Å²) in [5.74, 6) is 1.79. The van der Waals surface area contributed by atoms with E-state index < -0.39 is 5.79 Å². The van der Waals surface area contributed by atoms with Gasteiger partial charge in [0.25, 0.3) is 0 Å². The number of Topliss-reactive ketones (excluding diaryl/α,β-unsaturated/α-hetero) is 1. The topological polar surface area (TPSA) is 35.5 Å². The number of carbonyl (C=O) groups is 1. The molecule has 0 aromatic heterocycles. The number of ether oxygens (including phenoxy) is 2. The van der Waals surface area contributed by atoms with Crippen molar-refractivity contribution in [3.63, 3.8) is 0 Å². The Hall–Kier alpha value is -0.410. The lowest BCUT2D eigenvalue weighted by molar-refractivity contribution is -0.250. The molecule has 0 amide bonds. The lowest BCUT2D eigenvalue weighted by Crippen LogP contribution is -2.60. The Morgan fingerprint density at radius 2 is 1.94 bits per heavy atom. The maximum atomic E-state index is 12.2. The molecule has 17 heavy (non-hydrogen) atoms. The molecule has 4 aliphatic rings. The standard InChI is InChI=1S/C14H20O3/c1-8-7-9(15)10-11(8)13(2)3-4-14(12(10)13)16-5-6-17-14/h8,10-12H,3-7H2,1-2H3/t8-,10+,11-,12-,13+/m0/s1. The van der Waals surface area contributed by atoms with E-state index in [0.717, 1.165) is 19.3 Å². The fraction of sp³-hybridized carbons (Fsp3) is 0.929. The van der Waals surface area contributed by atoms with Crippen LogP contribution < -0.4 is 0 Å². The largest absolute Gasteiger partial charge is 0.347 e. The van der Waals surface area contributed by atoms with Crippen LogP contribution in [0.5, 0.6) is 0 Å². The van der Waals surface area contributed by atoms with Gasteiger partial charge in [-0.2, -0.15) is 0 Å². The van der Waals surface area contributed by atoms with E-state index in [1.54, 1.807) is 0 Å². The van der Waals surface area contributed by atoms with Crippen molar-refractivity contribution >= 4 is 5.78 Å². The van der Waals surface area contributed by atoms with E-state index in [9.17, 15) is 4.79 Å². The minimum atomic E-state index is -0.393. The highest BCUT2D eigenvalue weighted by Gasteiger charge is 2.75. The predicted molar refractivity (Wildman–Crippen MR) is 61.2 cm³/mol. The highest BCUT2D eigenvalue weighted by Crippen LogP contribution is 2.73. The van der Waals surface area contributed by atoms with Gasteiger partial charge in [-0.1, -0.05) is 13.8 Å². The molecule has 4 fully saturated rings. The molecule has 4 rings (SSSR count). The van der Waals surface area contributed by atoms with Gasteiger partial charge in [-0.15, -0.1) is 0 Å². The van der Waals surface area contributed by atoms with Crippen molar-refractivity contribution in [1.82, 2.24) is 0 Å². The number of hydrogen-bond donors (Lipinski definition) is 0. The molecule has 3 nitrogen and oxygen atoms in total. The highest BCUT2D eigenvalue weighted by molar-refractivity contribution is 5.86. The van der Waals surface area contributed by atoms with Crippen LogP contribution in [0, 0.1) is 29.1 Å². The predicted octanol–water partition coefficient (Wildman–Crippen LogP) is 2.00. The number of rotatable bonds is 0. The van der Waals surface area contributed by atoms with Gasteiger partial charge >= 0.3 is 0 Å². The van der Waals surface area contributed by atoms with Crippen LogP contribution in [0.2, 0.25) is 0 Å². The zero-order valence-corrected chi connectivity index (χ0v) is 10.6. The summed E-state index contributed by atoms with van der Waals surface area (Å²) in [5.41, 5.74) is 0.292. The molecule has 0 aromatic carbocycles. The van der Waals surface area contributed by atoms with Crippen molar-refractivity contribution in [3.05, 3.63) is 0 Å². The SMILES string of the molecule is C[C@H]1CC(=O)[C@@H]2[C@H]1[C@@]1(C)CCC3(OCCO3)[C@@H]21. The second-order valence-corrected chi connectivity index (χ2v) is 6.69. The van der Waals surface area contributed by atoms with Crippen LogP contribution in [0.1, 0.15) is 33.1 Å². The molecule has 3 aliphatic carbocycles. The minimum absolute atomic E-state index is 0.232. The zero-order chi connectivity index (χ0) is 11.8. The van der Waals surface area contributed by atoms with Crippen LogP contribution in [0.4, 0.5) is 0 Å². The minimum Gasteiger partial charge on any atom is -0.347 e. The van der Waals surface area contributed by atoms with Gasteiger partial charge in [-0.25, -0.2) is 0 Å². The van der Waals surface area contributed by atoms with Crippen LogP contribution in [-0.4, -0.2) is 24.8 Å². The van der Waals surface area contributed by atoms with E-state index in [1.807, 2.05) is 0 Å². The third-order valence-corrected chi connectivity index (χ3v) is 5.99. The maximum absolute atomic E-state index is 12.2. The van der Waals surface area contributed by atoms with E-state index in [2.05, 4.69) is 13.8 Å². The molecule has 1 aliphatic heterocycles. The van der Waals surface area contributed by atoms with Crippen molar-refractivity contribution in [2.45, 2.75) is 38.9 Å². The molecular weight excluding hydrogens is 216 g/mol. The van der Waals surface area contributed by atoms with Crippen LogP contribution in [0.15, 0.2) is 0 Å². The lowest BCUT2D eigenvalue weighted by atomic mass is 9.47. The number of fused-ring (bicyclic) bond motifs is 5. The summed E-state index contributed by atoms with van der Waals surface area (Å²) in [4.78, 5) is 12.2. The molecule has 0 N–H and O–H groups in total. The van der Waals surface area contributed by atoms with E-state index in [-0.39, 0.29) is 5.92 Å². The number of carbonyl (C=O) groups excluding carboxylic acids is 1. The third-order valence-electron chi connectivity index (χ3n) is 5.99. The van der Waals surface area contributed by atoms with Crippen molar-refractivity contribution in [1.29, 1.82) is 0 Å². The number of ketones is 1. The average Bonchev–Trinajstić information content (AvgIpc) is 2.86. The van der Waals surface area contributed by atoms with E-state index in [4.69, 9.17) is 9.47 Å². The van der Waals surface area contributed by atoms with Crippen molar-refractivity contribution in [2.75, 3.05) is 13.2 Å². The summed E-state index contributed by atoms with van der Waals surface area (Å²) in [6, 6.07) is 0. The molecule has 0 radical (unpaired) electrons. The molecule has 1 heterocycles. The fourth-order valence-corrected chi connectivity index (χ4v) is 5.58. The van der Waals surface area contributed by atoms with Crippen molar-refractivity contribution < 1.29 is 14.3 Å². The van der Waals surface area contributed by atoms with Gasteiger partial charge in [0, 0.05) is 24.7 Å². The van der Waals surface area contributed by atoms with Crippen LogP contribution in [0.3, 0.4) is 0 Å². The molecule has 3 saturated carbocycles. The third kappa shape index (κ3) is 1.00. The molecule has 3 heteroatoms. The Labute approximate surface area is 102 Å². The van der Waals surface area contributed by atoms with Gasteiger partial charge in [-0.3, -0.25) is 4.79 Å². The van der Waals surface area contributed by atoms with Crippen LogP contribution >= 0.6 is 0 Å². The molecule has 1 spiro atoms. The van der Waals surface area contributed by atoms with Crippen molar-refractivity contribution in [2.24, 2.45) is 29.1 Å². The highest BCUT2D eigenvalue weighted by atomic mass is 16.7. The quantitative estimate of drug-likeness (QED) is 0.645. The number of hydrogen-bond acceptors (Lipinski definition) is 3. The zero-order valence-electron chi connectivity index (χ0n) is 10.6. The molecule has 0 aromatic rings. The Bertz CT molecular complexity index is 385. The molecule has 1 saturated heterocycles. The molecule has 94 valence electrons. The van der Waals surface area contributed by atoms with E-state index in [1.165, 1.54) is 0 Å². The first-order valence-corrected chi connectivity index (χ1v) is 6.89. The normalized spacial score (nSPS) is 54.8. The average molecular weight is 236 g/mol. The maximum Gasteiger partial charge on any atom is 0.172 e. The molecular formula is C14H20O3. The summed E-state index contributed by atoms with van der Waals surface area (Å²) < 4.78 is 11.8. The van der Waals surface area contributed by atoms with Crippen LogP contribution in [0.25, 0.3) is 0 Å². The molecule has 0 unspecified atom stereocenters. The van der Waals surface area contributed by atoms with Gasteiger partial charge < -0.3 is 9.47 Å². The summed E-state index contributed by atoms with van der Waals surface area (Å²) in [6.45, 7) is 6.00. The summed E-state index contributed by atoms with van der Waals surface area (Å²) >= 11 is 0.